The molecule has 0 aliphatic carbocycles. The third-order valence-corrected chi connectivity index (χ3v) is 4.39. The van der Waals surface area contributed by atoms with E-state index in [-0.39, 0.29) is 11.2 Å². The normalized spacial score (nSPS) is 11.0. The molecule has 128 valence electrons. The standard InChI is InChI=1S/C21H21ClN2O/c1-13(2)11-14-3-5-16(6-4-14)19-12-18(20(23)21(25)24-19)15-7-9-17(22)10-8-15/h3-10,12-13H,11,23H2,1-2H3,(H,24,25). The molecule has 0 saturated carbocycles. The van der Waals surface area contributed by atoms with Crippen molar-refractivity contribution >= 4 is 17.3 Å². The molecule has 0 spiro atoms. The SMILES string of the molecule is CC(C)Cc1ccc(-c2cc(-c3ccc(Cl)cc3)c(N)c(=O)[nH]2)cc1. The highest BCUT2D eigenvalue weighted by atomic mass is 35.5. The van der Waals surface area contributed by atoms with E-state index in [0.717, 1.165) is 23.2 Å². The van der Waals surface area contributed by atoms with Crippen molar-refractivity contribution in [2.24, 2.45) is 5.92 Å². The lowest BCUT2D eigenvalue weighted by molar-refractivity contribution is 0.647. The van der Waals surface area contributed by atoms with Gasteiger partial charge in [-0.25, -0.2) is 0 Å². The van der Waals surface area contributed by atoms with E-state index < -0.39 is 0 Å². The minimum atomic E-state index is -0.284. The Morgan fingerprint density at radius 3 is 2.20 bits per heavy atom. The summed E-state index contributed by atoms with van der Waals surface area (Å²) < 4.78 is 0. The van der Waals surface area contributed by atoms with Gasteiger partial charge in [0, 0.05) is 16.3 Å². The van der Waals surface area contributed by atoms with E-state index in [1.54, 1.807) is 12.1 Å². The molecule has 0 aliphatic rings. The van der Waals surface area contributed by atoms with E-state index in [4.69, 9.17) is 17.3 Å². The number of aromatic nitrogens is 1. The van der Waals surface area contributed by atoms with E-state index in [9.17, 15) is 4.79 Å². The Balaban J connectivity index is 2.03. The van der Waals surface area contributed by atoms with Crippen LogP contribution in [0.15, 0.2) is 59.4 Å². The van der Waals surface area contributed by atoms with Crippen LogP contribution in [0.25, 0.3) is 22.4 Å². The van der Waals surface area contributed by atoms with Crippen LogP contribution in [0.4, 0.5) is 5.69 Å². The fourth-order valence-corrected chi connectivity index (χ4v) is 3.01. The maximum atomic E-state index is 12.3. The van der Waals surface area contributed by atoms with E-state index in [1.807, 2.05) is 30.3 Å². The molecule has 1 aromatic heterocycles. The first-order valence-corrected chi connectivity index (χ1v) is 8.70. The lowest BCUT2D eigenvalue weighted by atomic mass is 9.99. The number of pyridine rings is 1. The Morgan fingerprint density at radius 2 is 1.60 bits per heavy atom. The molecule has 25 heavy (non-hydrogen) atoms. The number of nitrogens with two attached hydrogens (primary N) is 1. The summed E-state index contributed by atoms with van der Waals surface area (Å²) in [7, 11) is 0. The summed E-state index contributed by atoms with van der Waals surface area (Å²) in [5, 5.41) is 0.646. The molecule has 0 atom stereocenters. The highest BCUT2D eigenvalue weighted by Gasteiger charge is 2.10. The minimum absolute atomic E-state index is 0.211. The summed E-state index contributed by atoms with van der Waals surface area (Å²) in [6.45, 7) is 4.40. The van der Waals surface area contributed by atoms with Crippen LogP contribution in [0.2, 0.25) is 5.02 Å². The smallest absolute Gasteiger partial charge is 0.272 e. The predicted octanol–water partition coefficient (Wildman–Crippen LogP) is 5.14. The second-order valence-corrected chi connectivity index (χ2v) is 7.08. The molecule has 3 aromatic rings. The van der Waals surface area contributed by atoms with Gasteiger partial charge in [0.05, 0.1) is 0 Å². The number of aromatic amines is 1. The summed E-state index contributed by atoms with van der Waals surface area (Å²) in [5.41, 5.74) is 10.5. The lowest BCUT2D eigenvalue weighted by Gasteiger charge is -2.10. The van der Waals surface area contributed by atoms with Crippen LogP contribution in [0.3, 0.4) is 0 Å². The second-order valence-electron chi connectivity index (χ2n) is 6.64. The molecule has 0 bridgehead atoms. The van der Waals surface area contributed by atoms with Crippen LogP contribution in [0, 0.1) is 5.92 Å². The van der Waals surface area contributed by atoms with Gasteiger partial charge in [0.2, 0.25) is 0 Å². The monoisotopic (exact) mass is 352 g/mol. The highest BCUT2D eigenvalue weighted by molar-refractivity contribution is 6.30. The van der Waals surface area contributed by atoms with Gasteiger partial charge in [-0.05, 0) is 47.2 Å². The van der Waals surface area contributed by atoms with Gasteiger partial charge in [0.25, 0.3) is 5.56 Å². The van der Waals surface area contributed by atoms with Gasteiger partial charge in [-0.3, -0.25) is 4.79 Å². The van der Waals surface area contributed by atoms with Crippen LogP contribution in [-0.2, 0) is 6.42 Å². The van der Waals surface area contributed by atoms with Gasteiger partial charge < -0.3 is 10.7 Å². The van der Waals surface area contributed by atoms with E-state index in [0.29, 0.717) is 16.5 Å². The molecule has 3 nitrogen and oxygen atoms in total. The van der Waals surface area contributed by atoms with Crippen molar-refractivity contribution in [3.8, 4) is 22.4 Å². The van der Waals surface area contributed by atoms with Gasteiger partial charge in [-0.2, -0.15) is 0 Å². The third kappa shape index (κ3) is 3.94. The summed E-state index contributed by atoms with van der Waals surface area (Å²) in [6.07, 6.45) is 1.04. The van der Waals surface area contributed by atoms with Crippen LogP contribution >= 0.6 is 11.6 Å². The first-order valence-electron chi connectivity index (χ1n) is 8.32. The van der Waals surface area contributed by atoms with Crippen molar-refractivity contribution < 1.29 is 0 Å². The summed E-state index contributed by atoms with van der Waals surface area (Å²) in [6, 6.07) is 17.5. The van der Waals surface area contributed by atoms with Crippen molar-refractivity contribution in [2.75, 3.05) is 5.73 Å². The molecule has 1 heterocycles. The molecule has 4 heteroatoms. The Labute approximate surface area is 152 Å². The number of hydrogen-bond donors (Lipinski definition) is 2. The van der Waals surface area contributed by atoms with Crippen molar-refractivity contribution in [1.29, 1.82) is 0 Å². The lowest BCUT2D eigenvalue weighted by Crippen LogP contribution is -2.13. The van der Waals surface area contributed by atoms with Gasteiger partial charge >= 0.3 is 0 Å². The summed E-state index contributed by atoms with van der Waals surface area (Å²) >= 11 is 5.95. The zero-order chi connectivity index (χ0) is 18.0. The van der Waals surface area contributed by atoms with Crippen LogP contribution < -0.4 is 11.3 Å². The number of H-pyrrole nitrogens is 1. The zero-order valence-corrected chi connectivity index (χ0v) is 15.1. The zero-order valence-electron chi connectivity index (χ0n) is 14.3. The predicted molar refractivity (Wildman–Crippen MR) is 106 cm³/mol. The van der Waals surface area contributed by atoms with Gasteiger partial charge in [0.15, 0.2) is 0 Å². The molecule has 0 radical (unpaired) electrons. The molecule has 3 N–H and O–H groups in total. The Kier molecular flexibility index (Phi) is 4.95. The quantitative estimate of drug-likeness (QED) is 0.682. The average molecular weight is 353 g/mol. The Hall–Kier alpha value is -2.52. The van der Waals surface area contributed by atoms with E-state index in [1.165, 1.54) is 5.56 Å². The minimum Gasteiger partial charge on any atom is -0.394 e. The van der Waals surface area contributed by atoms with Crippen LogP contribution in [0.5, 0.6) is 0 Å². The van der Waals surface area contributed by atoms with Crippen LogP contribution in [-0.4, -0.2) is 4.98 Å². The first kappa shape index (κ1) is 17.3. The molecule has 0 saturated heterocycles. The summed E-state index contributed by atoms with van der Waals surface area (Å²) in [5.74, 6) is 0.610. The number of nitrogens with one attached hydrogen (secondary N) is 1. The molecule has 0 aliphatic heterocycles. The van der Waals surface area contributed by atoms with Gasteiger partial charge in [0.1, 0.15) is 5.69 Å². The topological polar surface area (TPSA) is 58.9 Å². The third-order valence-electron chi connectivity index (χ3n) is 4.14. The highest BCUT2D eigenvalue weighted by Crippen LogP contribution is 2.28. The van der Waals surface area contributed by atoms with Crippen molar-refractivity contribution in [1.82, 2.24) is 4.98 Å². The molecule has 0 fully saturated rings. The van der Waals surface area contributed by atoms with Crippen molar-refractivity contribution in [2.45, 2.75) is 20.3 Å². The van der Waals surface area contributed by atoms with Crippen molar-refractivity contribution in [3.05, 3.63) is 75.5 Å². The largest absolute Gasteiger partial charge is 0.394 e. The molecule has 2 aromatic carbocycles. The van der Waals surface area contributed by atoms with Crippen molar-refractivity contribution in [3.63, 3.8) is 0 Å². The summed E-state index contributed by atoms with van der Waals surface area (Å²) in [4.78, 5) is 15.1. The second kappa shape index (κ2) is 7.16. The fraction of sp³-hybridized carbons (Fsp3) is 0.190. The number of benzene rings is 2. The Morgan fingerprint density at radius 1 is 1.00 bits per heavy atom. The molecular formula is C21H21ClN2O. The molecule has 0 amide bonds. The molecule has 3 rings (SSSR count). The number of anilines is 1. The Bertz CT molecular complexity index is 926. The van der Waals surface area contributed by atoms with Crippen LogP contribution in [0.1, 0.15) is 19.4 Å². The number of halogens is 1. The van der Waals surface area contributed by atoms with Gasteiger partial charge in [-0.1, -0.05) is 61.8 Å². The average Bonchev–Trinajstić information content (AvgIpc) is 2.58. The first-order chi connectivity index (χ1) is 11.9. The van der Waals surface area contributed by atoms with Gasteiger partial charge in [-0.15, -0.1) is 0 Å². The van der Waals surface area contributed by atoms with E-state index in [2.05, 4.69) is 31.0 Å². The maximum Gasteiger partial charge on any atom is 0.272 e. The molecule has 0 unspecified atom stereocenters. The number of nitrogen functional groups attached to an aromatic ring is 1. The number of hydrogen-bond acceptors (Lipinski definition) is 2. The van der Waals surface area contributed by atoms with E-state index >= 15 is 0 Å². The maximum absolute atomic E-state index is 12.3. The fourth-order valence-electron chi connectivity index (χ4n) is 2.89. The molecular weight excluding hydrogens is 332 g/mol. The number of rotatable bonds is 4.